The molecule has 0 aliphatic rings. The van der Waals surface area contributed by atoms with Crippen LogP contribution in [-0.2, 0) is 0 Å². The smallest absolute Gasteiger partial charge is 0.190 e. The third-order valence-electron chi connectivity index (χ3n) is 1.67. The number of rotatable bonds is 0. The molecule has 2 aromatic rings. The van der Waals surface area contributed by atoms with Gasteiger partial charge in [-0.1, -0.05) is 24.1 Å². The van der Waals surface area contributed by atoms with Crippen LogP contribution < -0.4 is 0 Å². The van der Waals surface area contributed by atoms with E-state index in [4.69, 9.17) is 23.2 Å². The molecule has 0 radical (unpaired) electrons. The number of hydrogen-bond donors (Lipinski definition) is 0. The Hall–Kier alpha value is -1.63. The average molecular weight is 250 g/mol. The van der Waals surface area contributed by atoms with E-state index in [1.165, 1.54) is 0 Å². The summed E-state index contributed by atoms with van der Waals surface area (Å²) >= 11 is 11.2. The molecular weight excluding hydrogens is 245 g/mol. The fourth-order valence-corrected chi connectivity index (χ4v) is 1.39. The van der Waals surface area contributed by atoms with Gasteiger partial charge in [-0.25, -0.2) is 0 Å². The zero-order valence-electron chi connectivity index (χ0n) is 7.98. The lowest BCUT2D eigenvalue weighted by molar-refractivity contribution is 1.02. The predicted octanol–water partition coefficient (Wildman–Crippen LogP) is 2.58. The zero-order chi connectivity index (χ0) is 11.4. The third kappa shape index (κ3) is 2.93. The number of nitrogens with zero attached hydrogens (tertiary/aromatic N) is 3. The molecule has 0 bridgehead atoms. The molecule has 0 spiro atoms. The van der Waals surface area contributed by atoms with Gasteiger partial charge < -0.3 is 0 Å². The summed E-state index contributed by atoms with van der Waals surface area (Å²) in [6.45, 7) is 0. The Morgan fingerprint density at radius 3 is 2.06 bits per heavy atom. The minimum Gasteiger partial charge on any atom is -0.190 e. The summed E-state index contributed by atoms with van der Waals surface area (Å²) in [4.78, 5) is 11.3. The van der Waals surface area contributed by atoms with E-state index in [-0.39, 0.29) is 16.4 Å². The number of aromatic nitrogens is 3. The highest BCUT2D eigenvalue weighted by Crippen LogP contribution is 2.05. The van der Waals surface area contributed by atoms with Crippen molar-refractivity contribution < 1.29 is 0 Å². The van der Waals surface area contributed by atoms with E-state index in [0.29, 0.717) is 0 Å². The van der Waals surface area contributed by atoms with Crippen LogP contribution in [0.25, 0.3) is 0 Å². The fourth-order valence-electron chi connectivity index (χ4n) is 1.03. The second kappa shape index (κ2) is 4.93. The molecule has 0 unspecified atom stereocenters. The van der Waals surface area contributed by atoms with E-state index < -0.39 is 0 Å². The highest BCUT2D eigenvalue weighted by molar-refractivity contribution is 6.31. The van der Waals surface area contributed by atoms with E-state index in [9.17, 15) is 0 Å². The highest BCUT2D eigenvalue weighted by atomic mass is 35.5. The van der Waals surface area contributed by atoms with Crippen LogP contribution in [0.5, 0.6) is 0 Å². The maximum absolute atomic E-state index is 5.62. The fraction of sp³-hybridized carbons (Fsp3) is 0. The summed E-state index contributed by atoms with van der Waals surface area (Å²) in [6.07, 6.45) is 0. The average Bonchev–Trinajstić information content (AvgIpc) is 2.27. The van der Waals surface area contributed by atoms with Gasteiger partial charge in [0.1, 0.15) is 0 Å². The molecule has 1 aromatic heterocycles. The first kappa shape index (κ1) is 10.9. The van der Waals surface area contributed by atoms with Crippen molar-refractivity contribution in [1.29, 1.82) is 0 Å². The summed E-state index contributed by atoms with van der Waals surface area (Å²) in [5, 5.41) is 0.0784. The maximum Gasteiger partial charge on any atom is 0.227 e. The lowest BCUT2D eigenvalue weighted by Crippen LogP contribution is -1.93. The van der Waals surface area contributed by atoms with Crippen LogP contribution in [-0.4, -0.2) is 15.0 Å². The van der Waals surface area contributed by atoms with Gasteiger partial charge in [0, 0.05) is 5.56 Å². The molecule has 0 saturated carbocycles. The molecule has 3 nitrogen and oxygen atoms in total. The lowest BCUT2D eigenvalue weighted by Gasteiger charge is -1.91. The van der Waals surface area contributed by atoms with Crippen molar-refractivity contribution in [3.8, 4) is 11.8 Å². The number of hydrogen-bond acceptors (Lipinski definition) is 3. The first-order valence-electron chi connectivity index (χ1n) is 4.38. The van der Waals surface area contributed by atoms with Gasteiger partial charge in [-0.3, -0.25) is 0 Å². The molecule has 0 aliphatic heterocycles. The first-order valence-corrected chi connectivity index (χ1v) is 5.14. The molecule has 0 atom stereocenters. The summed E-state index contributed by atoms with van der Waals surface area (Å²) < 4.78 is 0. The van der Waals surface area contributed by atoms with Gasteiger partial charge in [0.2, 0.25) is 16.4 Å². The molecule has 16 heavy (non-hydrogen) atoms. The van der Waals surface area contributed by atoms with Gasteiger partial charge in [-0.2, -0.15) is 15.0 Å². The summed E-state index contributed by atoms with van der Waals surface area (Å²) in [5.41, 5.74) is 0.871. The molecule has 0 saturated heterocycles. The normalized spacial score (nSPS) is 9.38. The monoisotopic (exact) mass is 249 g/mol. The molecule has 0 fully saturated rings. The van der Waals surface area contributed by atoms with Gasteiger partial charge in [0.25, 0.3) is 0 Å². The van der Waals surface area contributed by atoms with Crippen LogP contribution in [0.4, 0.5) is 0 Å². The van der Waals surface area contributed by atoms with Crippen molar-refractivity contribution in [1.82, 2.24) is 15.0 Å². The van der Waals surface area contributed by atoms with Crippen LogP contribution in [0.15, 0.2) is 30.3 Å². The van der Waals surface area contributed by atoms with E-state index in [1.807, 2.05) is 30.3 Å². The van der Waals surface area contributed by atoms with Crippen molar-refractivity contribution in [2.45, 2.75) is 0 Å². The Labute approximate surface area is 102 Å². The molecule has 5 heteroatoms. The van der Waals surface area contributed by atoms with Crippen molar-refractivity contribution in [2.24, 2.45) is 0 Å². The molecule has 1 aromatic carbocycles. The van der Waals surface area contributed by atoms with Gasteiger partial charge >= 0.3 is 0 Å². The van der Waals surface area contributed by atoms with Crippen molar-refractivity contribution in [3.63, 3.8) is 0 Å². The van der Waals surface area contributed by atoms with Crippen molar-refractivity contribution in [3.05, 3.63) is 52.3 Å². The Bertz CT molecular complexity index is 538. The Morgan fingerprint density at radius 2 is 1.44 bits per heavy atom. The molecule has 1 heterocycles. The molecule has 0 aliphatic carbocycles. The molecule has 78 valence electrons. The topological polar surface area (TPSA) is 38.7 Å². The van der Waals surface area contributed by atoms with Gasteiger partial charge in [0.05, 0.1) is 0 Å². The zero-order valence-corrected chi connectivity index (χ0v) is 9.50. The van der Waals surface area contributed by atoms with Gasteiger partial charge in [0.15, 0.2) is 0 Å². The second-order valence-corrected chi connectivity index (χ2v) is 3.49. The summed E-state index contributed by atoms with van der Waals surface area (Å²) in [5.74, 6) is 5.91. The summed E-state index contributed by atoms with van der Waals surface area (Å²) in [6, 6.07) is 9.49. The number of benzene rings is 1. The van der Waals surface area contributed by atoms with E-state index >= 15 is 0 Å². The summed E-state index contributed by atoms with van der Waals surface area (Å²) in [7, 11) is 0. The SMILES string of the molecule is Clc1nc(Cl)nc(C#Cc2ccccc2)n1. The third-order valence-corrected chi connectivity index (χ3v) is 2.01. The van der Waals surface area contributed by atoms with Crippen molar-refractivity contribution in [2.75, 3.05) is 0 Å². The van der Waals surface area contributed by atoms with E-state index in [2.05, 4.69) is 26.8 Å². The Balaban J connectivity index is 2.31. The second-order valence-electron chi connectivity index (χ2n) is 2.81. The van der Waals surface area contributed by atoms with Crippen LogP contribution in [0, 0.1) is 11.8 Å². The Morgan fingerprint density at radius 1 is 0.812 bits per heavy atom. The minimum atomic E-state index is 0.0392. The van der Waals surface area contributed by atoms with Crippen LogP contribution in [0.1, 0.15) is 11.4 Å². The quantitative estimate of drug-likeness (QED) is 0.674. The van der Waals surface area contributed by atoms with E-state index in [0.717, 1.165) is 5.56 Å². The minimum absolute atomic E-state index is 0.0392. The highest BCUT2D eigenvalue weighted by Gasteiger charge is 1.99. The van der Waals surface area contributed by atoms with E-state index in [1.54, 1.807) is 0 Å². The van der Waals surface area contributed by atoms with Gasteiger partial charge in [-0.05, 0) is 41.3 Å². The molecule has 2 rings (SSSR count). The van der Waals surface area contributed by atoms with Crippen LogP contribution in [0.3, 0.4) is 0 Å². The lowest BCUT2D eigenvalue weighted by atomic mass is 10.2. The largest absolute Gasteiger partial charge is 0.227 e. The number of halogens is 2. The van der Waals surface area contributed by atoms with Crippen LogP contribution >= 0.6 is 23.2 Å². The molecule has 0 N–H and O–H groups in total. The van der Waals surface area contributed by atoms with Crippen molar-refractivity contribution >= 4 is 23.2 Å². The van der Waals surface area contributed by atoms with Crippen LogP contribution in [0.2, 0.25) is 10.6 Å². The molecular formula is C11H5Cl2N3. The predicted molar refractivity (Wildman–Crippen MR) is 62.3 cm³/mol. The van der Waals surface area contributed by atoms with Gasteiger partial charge in [-0.15, -0.1) is 0 Å². The molecule has 0 amide bonds. The Kier molecular flexibility index (Phi) is 3.35. The first-order chi connectivity index (χ1) is 7.74. The maximum atomic E-state index is 5.62. The standard InChI is InChI=1S/C11H5Cl2N3/c12-10-14-9(15-11(13)16-10)7-6-8-4-2-1-3-5-8/h1-5H.